The number of halogens is 3. The van der Waals surface area contributed by atoms with E-state index in [2.05, 4.69) is 97.5 Å². The first kappa shape index (κ1) is 42.8. The maximum absolute atomic E-state index is 14.4. The van der Waals surface area contributed by atoms with E-state index in [9.17, 15) is 13.2 Å². The maximum atomic E-state index is 14.4. The van der Waals surface area contributed by atoms with Crippen LogP contribution in [0.1, 0.15) is 84.6 Å². The van der Waals surface area contributed by atoms with Crippen molar-refractivity contribution < 1.29 is 38.3 Å². The molecule has 0 amide bonds. The van der Waals surface area contributed by atoms with Crippen molar-refractivity contribution in [1.82, 2.24) is 4.98 Å². The third-order valence-corrected chi connectivity index (χ3v) is 10.9. The Kier molecular flexibility index (Phi) is 11.1. The van der Waals surface area contributed by atoms with Gasteiger partial charge < -0.3 is 19.4 Å². The number of fused-ring (bicyclic) bond motifs is 5. The van der Waals surface area contributed by atoms with Crippen molar-refractivity contribution in [1.29, 1.82) is 0 Å². The molecule has 0 atom stereocenters. The number of hydrogen-bond donors (Lipinski definition) is 0. The fraction of sp³-hybridized carbons (Fsp3) is 0.255. The summed E-state index contributed by atoms with van der Waals surface area (Å²) in [5.74, 6) is 1.30. The number of alkyl halides is 3. The maximum Gasteiger partial charge on any atom is 0.416 e. The number of nitrogens with zero attached hydrogens (tertiary/aromatic N) is 4. The third-order valence-electron chi connectivity index (χ3n) is 10.9. The van der Waals surface area contributed by atoms with Crippen LogP contribution in [0.3, 0.4) is 0 Å². The molecular formula is C51H48F3N4OPd-3. The summed E-state index contributed by atoms with van der Waals surface area (Å²) in [4.78, 5) is 10.6. The second-order valence-electron chi connectivity index (χ2n) is 18.3. The second kappa shape index (κ2) is 15.6. The molecule has 0 radical (unpaired) electrons. The van der Waals surface area contributed by atoms with E-state index in [0.29, 0.717) is 34.3 Å². The van der Waals surface area contributed by atoms with Crippen molar-refractivity contribution in [2.24, 2.45) is 0 Å². The van der Waals surface area contributed by atoms with Crippen molar-refractivity contribution in [2.45, 2.75) is 84.7 Å². The molecule has 0 unspecified atom stereocenters. The molecular weight excluding hydrogens is 848 g/mol. The zero-order chi connectivity index (χ0) is 42.1. The summed E-state index contributed by atoms with van der Waals surface area (Å²) in [5, 5.41) is 0. The first-order chi connectivity index (χ1) is 27.7. The minimum absolute atomic E-state index is 0. The van der Waals surface area contributed by atoms with Crippen LogP contribution in [0.15, 0.2) is 122 Å². The number of anilines is 5. The van der Waals surface area contributed by atoms with Gasteiger partial charge in [-0.1, -0.05) is 110 Å². The Balaban J connectivity index is 0.00000544. The van der Waals surface area contributed by atoms with E-state index in [1.165, 1.54) is 17.2 Å². The van der Waals surface area contributed by atoms with E-state index < -0.39 is 11.7 Å². The molecule has 0 N–H and O–H groups in total. The molecule has 2 aliphatic heterocycles. The Morgan fingerprint density at radius 1 is 0.567 bits per heavy atom. The molecule has 2 aliphatic rings. The summed E-state index contributed by atoms with van der Waals surface area (Å²) in [7, 11) is 0. The molecule has 8 rings (SSSR count). The van der Waals surface area contributed by atoms with Gasteiger partial charge in [-0.2, -0.15) is 25.3 Å². The minimum Gasteiger partial charge on any atom is -0.509 e. The molecule has 0 fully saturated rings. The number of benzene rings is 5. The van der Waals surface area contributed by atoms with E-state index >= 15 is 0 Å². The standard InChI is InChI=1S/C51H48F3N4O.Pd/c1-48(2,3)33-21-22-55-47(29-33)58-45-28-34(51(52,53)54)17-19-43(45)41-15-10-11-16-42(41)44-20-18-40(31-46(44)58)59-39-14-12-13-37(30-39)56-23-24-57(32-56)38-26-35(49(4,5)6)25-36(27-38)50(7,8)9;/h10-29,32H,1-9H3;/q-3;. The van der Waals surface area contributed by atoms with Crippen LogP contribution < -0.4 is 19.4 Å². The summed E-state index contributed by atoms with van der Waals surface area (Å²) in [6.45, 7) is 21.7. The summed E-state index contributed by atoms with van der Waals surface area (Å²) in [5.41, 5.74) is 8.27. The Labute approximate surface area is 366 Å². The average molecular weight is 896 g/mol. The predicted octanol–water partition coefficient (Wildman–Crippen LogP) is 14.4. The van der Waals surface area contributed by atoms with Crippen LogP contribution in [-0.2, 0) is 42.8 Å². The van der Waals surface area contributed by atoms with E-state index in [1.807, 2.05) is 90.7 Å². The van der Waals surface area contributed by atoms with Gasteiger partial charge in [-0.3, -0.25) is 0 Å². The SMILES string of the molecule is CC(C)(C)c1cc(N2C=CN(c3[c-]c(Oc4[c-]c5c(cc4)-c4ccccc4-c4ccc(C(F)(F)F)cc4N5c4cc(C(C)(C)C)ccn4)ccc3)[CH-]2)cc(C(C)(C)C)c1.[Pd]. The molecule has 312 valence electrons. The quantitative estimate of drug-likeness (QED) is 0.127. The van der Waals surface area contributed by atoms with Crippen LogP contribution >= 0.6 is 0 Å². The molecule has 60 heavy (non-hydrogen) atoms. The van der Waals surface area contributed by atoms with Crippen molar-refractivity contribution in [3.8, 4) is 33.8 Å². The fourth-order valence-electron chi connectivity index (χ4n) is 7.40. The largest absolute Gasteiger partial charge is 0.509 e. The molecule has 0 saturated heterocycles. The van der Waals surface area contributed by atoms with Gasteiger partial charge in [-0.25, -0.2) is 4.98 Å². The second-order valence-corrected chi connectivity index (χ2v) is 18.3. The van der Waals surface area contributed by atoms with E-state index in [-0.39, 0.29) is 36.7 Å². The van der Waals surface area contributed by atoms with Crippen LogP contribution in [0.4, 0.5) is 41.7 Å². The number of ether oxygens (including phenoxy) is 1. The van der Waals surface area contributed by atoms with Crippen molar-refractivity contribution in [2.75, 3.05) is 14.7 Å². The Morgan fingerprint density at radius 2 is 1.18 bits per heavy atom. The van der Waals surface area contributed by atoms with Gasteiger partial charge in [0.25, 0.3) is 0 Å². The van der Waals surface area contributed by atoms with Gasteiger partial charge in [0.15, 0.2) is 0 Å². The Hall–Kier alpha value is -5.36. The summed E-state index contributed by atoms with van der Waals surface area (Å²) >= 11 is 0. The van der Waals surface area contributed by atoms with Gasteiger partial charge in [-0.15, -0.1) is 48.3 Å². The first-order valence-electron chi connectivity index (χ1n) is 19.8. The van der Waals surface area contributed by atoms with Crippen molar-refractivity contribution in [3.05, 3.63) is 163 Å². The topological polar surface area (TPSA) is 31.8 Å². The van der Waals surface area contributed by atoms with Gasteiger partial charge in [0.05, 0.1) is 11.3 Å². The minimum atomic E-state index is -4.56. The van der Waals surface area contributed by atoms with Crippen molar-refractivity contribution >= 4 is 28.6 Å². The van der Waals surface area contributed by atoms with Gasteiger partial charge >= 0.3 is 6.18 Å². The van der Waals surface area contributed by atoms with E-state index in [0.717, 1.165) is 39.7 Å². The van der Waals surface area contributed by atoms with Crippen molar-refractivity contribution in [3.63, 3.8) is 0 Å². The van der Waals surface area contributed by atoms with E-state index in [4.69, 9.17) is 9.72 Å². The number of rotatable bonds is 5. The Morgan fingerprint density at radius 3 is 1.83 bits per heavy atom. The zero-order valence-electron chi connectivity index (χ0n) is 35.3. The fourth-order valence-corrected chi connectivity index (χ4v) is 7.40. The molecule has 5 nitrogen and oxygen atoms in total. The molecule has 0 aliphatic carbocycles. The number of aromatic nitrogens is 1. The van der Waals surface area contributed by atoms with Gasteiger partial charge in [0.2, 0.25) is 0 Å². The van der Waals surface area contributed by atoms with Gasteiger partial charge in [0, 0.05) is 49.4 Å². The average Bonchev–Trinajstić information content (AvgIpc) is 3.64. The van der Waals surface area contributed by atoms with E-state index in [1.54, 1.807) is 17.2 Å². The van der Waals surface area contributed by atoms with Crippen LogP contribution in [0, 0.1) is 18.8 Å². The normalized spacial score (nSPS) is 14.0. The molecule has 3 heterocycles. The first-order valence-corrected chi connectivity index (χ1v) is 19.8. The smallest absolute Gasteiger partial charge is 0.416 e. The predicted molar refractivity (Wildman–Crippen MR) is 233 cm³/mol. The molecule has 0 spiro atoms. The van der Waals surface area contributed by atoms with Gasteiger partial charge in [-0.05, 0) is 87.3 Å². The van der Waals surface area contributed by atoms with Crippen LogP contribution in [0.2, 0.25) is 0 Å². The van der Waals surface area contributed by atoms with Crippen LogP contribution in [0.5, 0.6) is 11.5 Å². The molecule has 6 aromatic rings. The summed E-state index contributed by atoms with van der Waals surface area (Å²) < 4.78 is 49.7. The third kappa shape index (κ3) is 8.48. The molecule has 0 bridgehead atoms. The monoisotopic (exact) mass is 895 g/mol. The molecule has 0 saturated carbocycles. The number of pyridine rings is 1. The van der Waals surface area contributed by atoms with Gasteiger partial charge in [0.1, 0.15) is 5.82 Å². The van der Waals surface area contributed by atoms with Crippen LogP contribution in [0.25, 0.3) is 22.3 Å². The Bertz CT molecular complexity index is 2560. The molecule has 9 heteroatoms. The molecule has 5 aromatic carbocycles. The molecule has 1 aromatic heterocycles. The van der Waals surface area contributed by atoms with Crippen LogP contribution in [-0.4, -0.2) is 4.98 Å². The summed E-state index contributed by atoms with van der Waals surface area (Å²) in [6, 6.07) is 38.7. The number of hydrogen-bond acceptors (Lipinski definition) is 5. The summed E-state index contributed by atoms with van der Waals surface area (Å²) in [6.07, 6.45) is 1.17. The zero-order valence-corrected chi connectivity index (χ0v) is 36.8.